The first-order valence-electron chi connectivity index (χ1n) is 7.40. The molecular weight excluding hydrogens is 288 g/mol. The number of fused-ring (bicyclic) bond motifs is 1. The van der Waals surface area contributed by atoms with Gasteiger partial charge in [0.1, 0.15) is 0 Å². The predicted octanol–water partition coefficient (Wildman–Crippen LogP) is 0.769. The molecule has 118 valence electrons. The molecule has 1 aromatic carbocycles. The first-order valence-corrected chi connectivity index (χ1v) is 9.05. The Labute approximate surface area is 126 Å². The van der Waals surface area contributed by atoms with Crippen LogP contribution in [0.15, 0.2) is 29.2 Å². The van der Waals surface area contributed by atoms with Gasteiger partial charge in [-0.1, -0.05) is 25.1 Å². The lowest BCUT2D eigenvalue weighted by Crippen LogP contribution is -2.55. The normalized spacial score (nSPS) is 25.3. The molecule has 6 heteroatoms. The summed E-state index contributed by atoms with van der Waals surface area (Å²) in [7, 11) is -3.22. The van der Waals surface area contributed by atoms with E-state index >= 15 is 0 Å². The molecule has 1 aliphatic heterocycles. The van der Waals surface area contributed by atoms with E-state index in [1.165, 1.54) is 0 Å². The largest absolute Gasteiger partial charge is 0.396 e. The molecule has 1 aromatic rings. The summed E-state index contributed by atoms with van der Waals surface area (Å²) < 4.78 is 24.5. The van der Waals surface area contributed by atoms with Gasteiger partial charge in [0.15, 0.2) is 9.84 Å². The van der Waals surface area contributed by atoms with Crippen molar-refractivity contribution in [2.24, 2.45) is 5.73 Å². The van der Waals surface area contributed by atoms with E-state index in [0.29, 0.717) is 24.3 Å². The maximum atomic E-state index is 12.2. The molecule has 0 radical (unpaired) electrons. The van der Waals surface area contributed by atoms with Gasteiger partial charge in [-0.2, -0.15) is 0 Å². The zero-order valence-electron chi connectivity index (χ0n) is 12.4. The average molecular weight is 312 g/mol. The number of aliphatic hydroxyl groups excluding tert-OH is 1. The van der Waals surface area contributed by atoms with Crippen molar-refractivity contribution in [1.29, 1.82) is 0 Å². The molecule has 2 atom stereocenters. The molecule has 0 fully saturated rings. The van der Waals surface area contributed by atoms with Gasteiger partial charge in [0.2, 0.25) is 0 Å². The van der Waals surface area contributed by atoms with Gasteiger partial charge in [0, 0.05) is 19.2 Å². The standard InChI is InChI=1S/C15H24N2O3S/c1-2-12(7-9-18)17-15(11-16)8-10-21(19,20)14-6-4-3-5-13(14)15/h3-6,12,17-18H,2,7-11,16H2,1H3. The van der Waals surface area contributed by atoms with Gasteiger partial charge in [-0.3, -0.25) is 0 Å². The van der Waals surface area contributed by atoms with Crippen LogP contribution in [-0.4, -0.2) is 38.5 Å². The molecule has 0 bridgehead atoms. The number of nitrogens with one attached hydrogen (secondary N) is 1. The minimum absolute atomic E-state index is 0.101. The van der Waals surface area contributed by atoms with Gasteiger partial charge in [-0.25, -0.2) is 8.42 Å². The highest BCUT2D eigenvalue weighted by atomic mass is 32.2. The number of rotatable bonds is 6. The Kier molecular flexibility index (Phi) is 5.03. The Hall–Kier alpha value is -0.950. The number of benzene rings is 1. The minimum Gasteiger partial charge on any atom is -0.396 e. The highest BCUT2D eigenvalue weighted by molar-refractivity contribution is 7.91. The van der Waals surface area contributed by atoms with E-state index < -0.39 is 15.4 Å². The molecular formula is C15H24N2O3S. The molecule has 5 nitrogen and oxygen atoms in total. The molecule has 0 spiro atoms. The second-order valence-corrected chi connectivity index (χ2v) is 7.69. The maximum absolute atomic E-state index is 12.2. The molecule has 2 unspecified atom stereocenters. The monoisotopic (exact) mass is 312 g/mol. The van der Waals surface area contributed by atoms with E-state index in [-0.39, 0.29) is 18.4 Å². The summed E-state index contributed by atoms with van der Waals surface area (Å²) in [5.74, 6) is 0.101. The third kappa shape index (κ3) is 3.13. The quantitative estimate of drug-likeness (QED) is 0.721. The summed E-state index contributed by atoms with van der Waals surface area (Å²) in [5, 5.41) is 12.7. The lowest BCUT2D eigenvalue weighted by atomic mass is 9.85. The van der Waals surface area contributed by atoms with Gasteiger partial charge >= 0.3 is 0 Å². The number of hydrogen-bond acceptors (Lipinski definition) is 5. The molecule has 1 aliphatic rings. The van der Waals surface area contributed by atoms with Crippen LogP contribution in [0.5, 0.6) is 0 Å². The molecule has 0 saturated heterocycles. The van der Waals surface area contributed by atoms with Crippen molar-refractivity contribution in [2.45, 2.75) is 42.7 Å². The van der Waals surface area contributed by atoms with Crippen molar-refractivity contribution >= 4 is 9.84 Å². The van der Waals surface area contributed by atoms with Crippen LogP contribution in [0.1, 0.15) is 31.7 Å². The third-order valence-electron chi connectivity index (χ3n) is 4.33. The molecule has 0 amide bonds. The van der Waals surface area contributed by atoms with Crippen LogP contribution in [-0.2, 0) is 15.4 Å². The van der Waals surface area contributed by atoms with E-state index in [0.717, 1.165) is 12.0 Å². The topological polar surface area (TPSA) is 92.4 Å². The molecule has 4 N–H and O–H groups in total. The summed E-state index contributed by atoms with van der Waals surface area (Å²) in [5.41, 5.74) is 6.25. The van der Waals surface area contributed by atoms with Crippen molar-refractivity contribution in [2.75, 3.05) is 18.9 Å². The minimum atomic E-state index is -3.22. The van der Waals surface area contributed by atoms with Crippen molar-refractivity contribution < 1.29 is 13.5 Å². The summed E-state index contributed by atoms with van der Waals surface area (Å²) in [6.45, 7) is 2.48. The van der Waals surface area contributed by atoms with Gasteiger partial charge < -0.3 is 16.2 Å². The van der Waals surface area contributed by atoms with Gasteiger partial charge in [-0.15, -0.1) is 0 Å². The molecule has 21 heavy (non-hydrogen) atoms. The number of nitrogens with two attached hydrogens (primary N) is 1. The maximum Gasteiger partial charge on any atom is 0.178 e. The molecule has 0 aromatic heterocycles. The second kappa shape index (κ2) is 6.44. The van der Waals surface area contributed by atoms with Crippen molar-refractivity contribution in [3.05, 3.63) is 29.8 Å². The molecule has 1 heterocycles. The van der Waals surface area contributed by atoms with Crippen LogP contribution < -0.4 is 11.1 Å². The van der Waals surface area contributed by atoms with Crippen LogP contribution in [0, 0.1) is 0 Å². The number of hydrogen-bond donors (Lipinski definition) is 3. The first-order chi connectivity index (χ1) is 9.99. The van der Waals surface area contributed by atoms with E-state index in [1.54, 1.807) is 12.1 Å². The van der Waals surface area contributed by atoms with E-state index in [1.807, 2.05) is 19.1 Å². The van der Waals surface area contributed by atoms with Crippen LogP contribution in [0.4, 0.5) is 0 Å². The predicted molar refractivity (Wildman–Crippen MR) is 82.8 cm³/mol. The molecule has 0 saturated carbocycles. The van der Waals surface area contributed by atoms with Crippen LogP contribution in [0.3, 0.4) is 0 Å². The van der Waals surface area contributed by atoms with Crippen LogP contribution in [0.2, 0.25) is 0 Å². The summed E-state index contributed by atoms with van der Waals surface area (Å²) in [6.07, 6.45) is 1.95. The summed E-state index contributed by atoms with van der Waals surface area (Å²) >= 11 is 0. The third-order valence-corrected chi connectivity index (χ3v) is 6.10. The smallest absolute Gasteiger partial charge is 0.178 e. The Balaban J connectivity index is 2.45. The van der Waals surface area contributed by atoms with Crippen molar-refractivity contribution in [1.82, 2.24) is 5.32 Å². The van der Waals surface area contributed by atoms with Gasteiger partial charge in [0.05, 0.1) is 16.2 Å². The summed E-state index contributed by atoms with van der Waals surface area (Å²) in [6, 6.07) is 7.21. The summed E-state index contributed by atoms with van der Waals surface area (Å²) in [4.78, 5) is 0.382. The van der Waals surface area contributed by atoms with Gasteiger partial charge in [0.25, 0.3) is 0 Å². The zero-order chi connectivity index (χ0) is 15.5. The average Bonchev–Trinajstić information content (AvgIpc) is 2.50. The van der Waals surface area contributed by atoms with E-state index in [9.17, 15) is 8.42 Å². The van der Waals surface area contributed by atoms with Gasteiger partial charge in [-0.05, 0) is 30.9 Å². The van der Waals surface area contributed by atoms with Crippen molar-refractivity contribution in [3.63, 3.8) is 0 Å². The molecule has 0 aliphatic carbocycles. The Morgan fingerprint density at radius 1 is 1.43 bits per heavy atom. The highest BCUT2D eigenvalue weighted by Crippen LogP contribution is 2.37. The van der Waals surface area contributed by atoms with E-state index in [2.05, 4.69) is 5.32 Å². The fourth-order valence-electron chi connectivity index (χ4n) is 3.03. The van der Waals surface area contributed by atoms with Crippen LogP contribution >= 0.6 is 0 Å². The second-order valence-electron chi connectivity index (χ2n) is 5.61. The Bertz CT molecular complexity index is 588. The lowest BCUT2D eigenvalue weighted by Gasteiger charge is -2.41. The highest BCUT2D eigenvalue weighted by Gasteiger charge is 2.41. The fraction of sp³-hybridized carbons (Fsp3) is 0.600. The lowest BCUT2D eigenvalue weighted by molar-refractivity contribution is 0.219. The zero-order valence-corrected chi connectivity index (χ0v) is 13.2. The van der Waals surface area contributed by atoms with E-state index in [4.69, 9.17) is 10.8 Å². The number of aliphatic hydroxyl groups is 1. The van der Waals surface area contributed by atoms with Crippen molar-refractivity contribution in [3.8, 4) is 0 Å². The SMILES string of the molecule is CCC(CCO)NC1(CN)CCS(=O)(=O)c2ccccc21. The number of sulfone groups is 1. The van der Waals surface area contributed by atoms with Crippen LogP contribution in [0.25, 0.3) is 0 Å². The molecule has 2 rings (SSSR count). The first kappa shape index (κ1) is 16.4. The Morgan fingerprint density at radius 2 is 2.14 bits per heavy atom. The Morgan fingerprint density at radius 3 is 2.76 bits per heavy atom. The fourth-order valence-corrected chi connectivity index (χ4v) is 4.75.